The summed E-state index contributed by atoms with van der Waals surface area (Å²) in [6, 6.07) is 12.6. The molecule has 0 saturated carbocycles. The van der Waals surface area contributed by atoms with Crippen LogP contribution in [0.4, 0.5) is 0 Å². The summed E-state index contributed by atoms with van der Waals surface area (Å²) in [4.78, 5) is 12.5. The maximum atomic E-state index is 12.8. The smallest absolute Gasteiger partial charge is 0.243 e. The van der Waals surface area contributed by atoms with Crippen molar-refractivity contribution in [3.05, 3.63) is 58.6 Å². The number of hydrogen-bond donors (Lipinski definition) is 1. The summed E-state index contributed by atoms with van der Waals surface area (Å²) < 4.78 is 32.6. The number of rotatable bonds is 11. The Labute approximate surface area is 199 Å². The molecule has 9 heteroatoms. The normalized spacial score (nSPS) is 14.4. The minimum absolute atomic E-state index is 0.0665. The van der Waals surface area contributed by atoms with E-state index in [-0.39, 0.29) is 17.2 Å². The highest BCUT2D eigenvalue weighted by Gasteiger charge is 2.27. The van der Waals surface area contributed by atoms with Crippen molar-refractivity contribution in [1.29, 1.82) is 0 Å². The number of methoxy groups -OCH3 is 1. The van der Waals surface area contributed by atoms with Crippen LogP contribution in [0.5, 0.6) is 5.75 Å². The Kier molecular flexibility index (Phi) is 9.28. The number of ether oxygens (including phenoxy) is 1. The molecule has 1 N–H and O–H groups in total. The standard InChI is InChI=1S/C23H29ClN2O4S2/c1-30-22-9-8-21(32(28,29)26-12-2-3-13-26)16-19(22)7-10-23(27)25-11-14-31-17-18-5-4-6-20(24)15-18/h4-6,8-9,15-16H,2-3,7,10-14,17H2,1H3,(H,25,27). The van der Waals surface area contributed by atoms with Crippen LogP contribution in [0.2, 0.25) is 5.02 Å². The van der Waals surface area contributed by atoms with E-state index >= 15 is 0 Å². The Balaban J connectivity index is 1.48. The Hall–Kier alpha value is -1.74. The van der Waals surface area contributed by atoms with Crippen molar-refractivity contribution in [2.45, 2.75) is 36.3 Å². The lowest BCUT2D eigenvalue weighted by Gasteiger charge is -2.17. The monoisotopic (exact) mass is 496 g/mol. The molecule has 0 spiro atoms. The maximum Gasteiger partial charge on any atom is 0.243 e. The van der Waals surface area contributed by atoms with E-state index in [1.807, 2.05) is 24.3 Å². The first-order chi connectivity index (χ1) is 15.4. The van der Waals surface area contributed by atoms with Crippen molar-refractivity contribution in [3.63, 3.8) is 0 Å². The van der Waals surface area contributed by atoms with Gasteiger partial charge in [0, 0.05) is 42.6 Å². The molecule has 0 bridgehead atoms. The molecule has 0 atom stereocenters. The van der Waals surface area contributed by atoms with Gasteiger partial charge in [0.2, 0.25) is 15.9 Å². The summed E-state index contributed by atoms with van der Waals surface area (Å²) in [6.45, 7) is 1.69. The lowest BCUT2D eigenvalue weighted by atomic mass is 10.1. The summed E-state index contributed by atoms with van der Waals surface area (Å²) in [5, 5.41) is 3.65. The number of carbonyl (C=O) groups is 1. The number of halogens is 1. The van der Waals surface area contributed by atoms with Crippen LogP contribution in [-0.4, -0.2) is 51.1 Å². The molecule has 1 fully saturated rings. The van der Waals surface area contributed by atoms with Crippen LogP contribution >= 0.6 is 23.4 Å². The molecule has 0 unspecified atom stereocenters. The van der Waals surface area contributed by atoms with Gasteiger partial charge in [0.05, 0.1) is 12.0 Å². The summed E-state index contributed by atoms with van der Waals surface area (Å²) in [5.74, 6) is 2.16. The van der Waals surface area contributed by atoms with Gasteiger partial charge in [0.1, 0.15) is 5.75 Å². The Morgan fingerprint density at radius 2 is 1.97 bits per heavy atom. The zero-order chi connectivity index (χ0) is 23.0. The zero-order valence-corrected chi connectivity index (χ0v) is 20.6. The molecule has 174 valence electrons. The summed E-state index contributed by atoms with van der Waals surface area (Å²) in [5.41, 5.74) is 1.88. The second-order valence-corrected chi connectivity index (χ2v) is 11.1. The van der Waals surface area contributed by atoms with Crippen LogP contribution in [0, 0.1) is 0 Å². The Morgan fingerprint density at radius 3 is 2.69 bits per heavy atom. The molecule has 6 nitrogen and oxygen atoms in total. The van der Waals surface area contributed by atoms with Crippen LogP contribution in [0.15, 0.2) is 47.4 Å². The quantitative estimate of drug-likeness (QED) is 0.474. The first kappa shape index (κ1) is 24.9. The average Bonchev–Trinajstić information content (AvgIpc) is 3.33. The highest BCUT2D eigenvalue weighted by atomic mass is 35.5. The predicted octanol–water partition coefficient (Wildman–Crippen LogP) is 4.12. The fourth-order valence-electron chi connectivity index (χ4n) is 3.60. The number of aryl methyl sites for hydroxylation is 1. The number of nitrogens with one attached hydrogen (secondary N) is 1. The largest absolute Gasteiger partial charge is 0.496 e. The molecular weight excluding hydrogens is 468 g/mol. The Morgan fingerprint density at radius 1 is 1.19 bits per heavy atom. The minimum Gasteiger partial charge on any atom is -0.496 e. The first-order valence-corrected chi connectivity index (χ1v) is 13.6. The molecule has 1 aliphatic rings. The van der Waals surface area contributed by atoms with Crippen LogP contribution in [0.25, 0.3) is 0 Å². The molecule has 1 amide bonds. The van der Waals surface area contributed by atoms with Gasteiger partial charge >= 0.3 is 0 Å². The van der Waals surface area contributed by atoms with Gasteiger partial charge in [-0.05, 0) is 60.7 Å². The van der Waals surface area contributed by atoms with E-state index in [9.17, 15) is 13.2 Å². The molecule has 0 aromatic heterocycles. The number of benzene rings is 2. The molecule has 3 rings (SSSR count). The van der Waals surface area contributed by atoms with Crippen LogP contribution in [0.3, 0.4) is 0 Å². The van der Waals surface area contributed by atoms with Crippen LogP contribution in [0.1, 0.15) is 30.4 Å². The summed E-state index contributed by atoms with van der Waals surface area (Å²) in [7, 11) is -1.96. The van der Waals surface area contributed by atoms with Gasteiger partial charge in [-0.25, -0.2) is 8.42 Å². The van der Waals surface area contributed by atoms with Crippen molar-refractivity contribution >= 4 is 39.3 Å². The number of nitrogens with zero attached hydrogens (tertiary/aromatic N) is 1. The fraction of sp³-hybridized carbons (Fsp3) is 0.435. The summed E-state index contributed by atoms with van der Waals surface area (Å²) >= 11 is 7.72. The van der Waals surface area contributed by atoms with Crippen molar-refractivity contribution in [3.8, 4) is 5.75 Å². The highest BCUT2D eigenvalue weighted by molar-refractivity contribution is 7.98. The van der Waals surface area contributed by atoms with E-state index < -0.39 is 10.0 Å². The van der Waals surface area contributed by atoms with E-state index in [1.54, 1.807) is 37.1 Å². The second-order valence-electron chi connectivity index (χ2n) is 7.62. The van der Waals surface area contributed by atoms with Gasteiger partial charge in [-0.15, -0.1) is 0 Å². The molecule has 2 aromatic carbocycles. The average molecular weight is 497 g/mol. The third-order valence-corrected chi connectivity index (χ3v) is 8.46. The lowest BCUT2D eigenvalue weighted by Crippen LogP contribution is -2.28. The molecule has 1 aliphatic heterocycles. The van der Waals surface area contributed by atoms with Gasteiger partial charge in [0.15, 0.2) is 0 Å². The molecular formula is C23H29ClN2O4S2. The number of thioether (sulfide) groups is 1. The molecule has 2 aromatic rings. The van der Waals surface area contributed by atoms with Gasteiger partial charge in [-0.1, -0.05) is 23.7 Å². The van der Waals surface area contributed by atoms with E-state index in [1.165, 1.54) is 4.31 Å². The van der Waals surface area contributed by atoms with Crippen molar-refractivity contribution in [2.24, 2.45) is 0 Å². The topological polar surface area (TPSA) is 75.7 Å². The van der Waals surface area contributed by atoms with Gasteiger partial charge in [-0.2, -0.15) is 16.1 Å². The van der Waals surface area contributed by atoms with Crippen LogP contribution in [-0.2, 0) is 27.0 Å². The van der Waals surface area contributed by atoms with Crippen LogP contribution < -0.4 is 10.1 Å². The van der Waals surface area contributed by atoms with E-state index in [2.05, 4.69) is 5.32 Å². The minimum atomic E-state index is -3.50. The first-order valence-electron chi connectivity index (χ1n) is 10.7. The van der Waals surface area contributed by atoms with Gasteiger partial charge in [-0.3, -0.25) is 4.79 Å². The van der Waals surface area contributed by atoms with Crippen molar-refractivity contribution < 1.29 is 17.9 Å². The van der Waals surface area contributed by atoms with E-state index in [4.69, 9.17) is 16.3 Å². The summed E-state index contributed by atoms with van der Waals surface area (Å²) in [6.07, 6.45) is 2.45. The second kappa shape index (κ2) is 11.9. The molecule has 1 saturated heterocycles. The van der Waals surface area contributed by atoms with Gasteiger partial charge in [0.25, 0.3) is 0 Å². The third kappa shape index (κ3) is 6.88. The number of sulfonamides is 1. The number of hydrogen-bond acceptors (Lipinski definition) is 5. The molecule has 0 radical (unpaired) electrons. The number of amides is 1. The van der Waals surface area contributed by atoms with Gasteiger partial charge < -0.3 is 10.1 Å². The fourth-order valence-corrected chi connectivity index (χ4v) is 6.19. The molecule has 1 heterocycles. The number of carbonyl (C=O) groups excluding carboxylic acids is 1. The molecule has 0 aliphatic carbocycles. The zero-order valence-electron chi connectivity index (χ0n) is 18.2. The molecule has 32 heavy (non-hydrogen) atoms. The SMILES string of the molecule is COc1ccc(S(=O)(=O)N2CCCC2)cc1CCC(=O)NCCSCc1cccc(Cl)c1. The maximum absolute atomic E-state index is 12.8. The Bertz CT molecular complexity index is 1020. The third-order valence-electron chi connectivity index (χ3n) is 5.30. The van der Waals surface area contributed by atoms with Crippen molar-refractivity contribution in [1.82, 2.24) is 9.62 Å². The van der Waals surface area contributed by atoms with Crippen molar-refractivity contribution in [2.75, 3.05) is 32.5 Å². The lowest BCUT2D eigenvalue weighted by molar-refractivity contribution is -0.120. The predicted molar refractivity (Wildman–Crippen MR) is 130 cm³/mol. The van der Waals surface area contributed by atoms with E-state index in [0.717, 1.165) is 40.5 Å². The van der Waals surface area contributed by atoms with E-state index in [0.29, 0.717) is 31.8 Å². The highest BCUT2D eigenvalue weighted by Crippen LogP contribution is 2.27.